The number of nitrogens with two attached hydrogens (primary N) is 2. The van der Waals surface area contributed by atoms with Crippen molar-refractivity contribution in [1.29, 1.82) is 0 Å². The predicted molar refractivity (Wildman–Crippen MR) is 124 cm³/mol. The van der Waals surface area contributed by atoms with E-state index in [1.54, 1.807) is 0 Å². The Hall–Kier alpha value is -2.38. The summed E-state index contributed by atoms with van der Waals surface area (Å²) >= 11 is 1.49. The van der Waals surface area contributed by atoms with Gasteiger partial charge in [-0.15, -0.1) is 0 Å². The first-order chi connectivity index (χ1) is 15.7. The van der Waals surface area contributed by atoms with Crippen LogP contribution in [0.4, 0.5) is 0 Å². The molecule has 4 unspecified atom stereocenters. The molecule has 1 aliphatic rings. The lowest BCUT2D eigenvalue weighted by Gasteiger charge is -2.24. The molecular formula is C20H36N6O6S. The number of hydrogen-bond acceptors (Lipinski definition) is 8. The normalized spacial score (nSPS) is 18.1. The number of hydrogen-bond donors (Lipinski definition) is 7. The minimum absolute atomic E-state index is 0.149. The highest BCUT2D eigenvalue weighted by molar-refractivity contribution is 7.98. The van der Waals surface area contributed by atoms with Crippen molar-refractivity contribution in [3.05, 3.63) is 0 Å². The van der Waals surface area contributed by atoms with E-state index in [4.69, 9.17) is 11.5 Å². The molecule has 0 aliphatic carbocycles. The molecule has 12 nitrogen and oxygen atoms in total. The fraction of sp³-hybridized carbons (Fsp3) is 0.750. The van der Waals surface area contributed by atoms with Gasteiger partial charge in [-0.2, -0.15) is 11.8 Å². The Morgan fingerprint density at radius 1 is 1.03 bits per heavy atom. The van der Waals surface area contributed by atoms with Crippen LogP contribution in [-0.4, -0.2) is 84.0 Å². The summed E-state index contributed by atoms with van der Waals surface area (Å²) in [4.78, 5) is 61.1. The number of thioether (sulfide) groups is 1. The van der Waals surface area contributed by atoms with Crippen LogP contribution in [0.1, 0.15) is 44.9 Å². The van der Waals surface area contributed by atoms with Crippen molar-refractivity contribution < 1.29 is 29.1 Å². The Balaban J connectivity index is 2.86. The number of unbranched alkanes of at least 4 members (excludes halogenated alkanes) is 1. The van der Waals surface area contributed by atoms with Crippen molar-refractivity contribution >= 4 is 41.4 Å². The van der Waals surface area contributed by atoms with E-state index in [0.29, 0.717) is 38.0 Å². The second-order valence-electron chi connectivity index (χ2n) is 7.91. The molecule has 4 atom stereocenters. The molecule has 4 amide bonds. The van der Waals surface area contributed by atoms with Crippen molar-refractivity contribution in [1.82, 2.24) is 21.3 Å². The van der Waals surface area contributed by atoms with Gasteiger partial charge in [0.25, 0.3) is 0 Å². The number of rotatable bonds is 16. The van der Waals surface area contributed by atoms with Crippen LogP contribution in [0.2, 0.25) is 0 Å². The van der Waals surface area contributed by atoms with E-state index in [0.717, 1.165) is 13.0 Å². The second kappa shape index (κ2) is 15.5. The van der Waals surface area contributed by atoms with Crippen molar-refractivity contribution in [2.45, 2.75) is 69.1 Å². The van der Waals surface area contributed by atoms with Crippen LogP contribution in [0.25, 0.3) is 0 Å². The Morgan fingerprint density at radius 3 is 2.24 bits per heavy atom. The number of carbonyl (C=O) groups is 5. The largest absolute Gasteiger partial charge is 0.480 e. The molecule has 1 saturated heterocycles. The van der Waals surface area contributed by atoms with Crippen LogP contribution >= 0.6 is 11.8 Å². The van der Waals surface area contributed by atoms with Gasteiger partial charge < -0.3 is 37.8 Å². The molecule has 0 bridgehead atoms. The van der Waals surface area contributed by atoms with Crippen molar-refractivity contribution in [3.8, 4) is 0 Å². The number of carboxylic acids is 1. The van der Waals surface area contributed by atoms with Crippen molar-refractivity contribution in [2.24, 2.45) is 11.5 Å². The van der Waals surface area contributed by atoms with Crippen LogP contribution in [0.15, 0.2) is 0 Å². The molecule has 0 aromatic carbocycles. The zero-order valence-corrected chi connectivity index (χ0v) is 19.7. The zero-order valence-electron chi connectivity index (χ0n) is 18.9. The second-order valence-corrected chi connectivity index (χ2v) is 8.89. The van der Waals surface area contributed by atoms with Gasteiger partial charge in [0.2, 0.25) is 23.6 Å². The van der Waals surface area contributed by atoms with E-state index in [9.17, 15) is 29.1 Å². The third kappa shape index (κ3) is 10.9. The molecule has 1 heterocycles. The van der Waals surface area contributed by atoms with Crippen LogP contribution in [0, 0.1) is 0 Å². The smallest absolute Gasteiger partial charge is 0.326 e. The maximum absolute atomic E-state index is 12.9. The molecule has 188 valence electrons. The zero-order chi connectivity index (χ0) is 24.8. The van der Waals surface area contributed by atoms with Crippen LogP contribution in [0.3, 0.4) is 0 Å². The molecule has 1 rings (SSSR count). The first-order valence-electron chi connectivity index (χ1n) is 11.0. The Bertz CT molecular complexity index is 688. The summed E-state index contributed by atoms with van der Waals surface area (Å²) in [6.07, 6.45) is 4.40. The van der Waals surface area contributed by atoms with Crippen molar-refractivity contribution in [3.63, 3.8) is 0 Å². The minimum Gasteiger partial charge on any atom is -0.480 e. The molecule has 1 aliphatic heterocycles. The summed E-state index contributed by atoms with van der Waals surface area (Å²) in [5, 5.41) is 19.9. The fourth-order valence-electron chi connectivity index (χ4n) is 3.39. The van der Waals surface area contributed by atoms with Gasteiger partial charge in [0, 0.05) is 0 Å². The van der Waals surface area contributed by atoms with Crippen LogP contribution in [0.5, 0.6) is 0 Å². The number of amides is 4. The summed E-state index contributed by atoms with van der Waals surface area (Å²) in [5.74, 6) is -3.30. The van der Waals surface area contributed by atoms with Gasteiger partial charge in [0.15, 0.2) is 0 Å². The number of primary amides is 1. The van der Waals surface area contributed by atoms with E-state index >= 15 is 0 Å². The van der Waals surface area contributed by atoms with Gasteiger partial charge in [-0.05, 0) is 63.6 Å². The third-order valence-corrected chi connectivity index (χ3v) is 5.86. The highest BCUT2D eigenvalue weighted by atomic mass is 32.2. The average molecular weight is 489 g/mol. The SMILES string of the molecule is CSCCC(NC(=O)C1CCCN1)C(=O)NC(CC(N)=O)C(=O)NC(CCCCN)C(=O)O. The third-order valence-electron chi connectivity index (χ3n) is 5.22. The number of carbonyl (C=O) groups excluding carboxylic acids is 4. The predicted octanol–water partition coefficient (Wildman–Crippen LogP) is -1.97. The lowest BCUT2D eigenvalue weighted by molar-refractivity contribution is -0.142. The molecule has 0 saturated carbocycles. The van der Waals surface area contributed by atoms with Gasteiger partial charge in [-0.3, -0.25) is 19.2 Å². The van der Waals surface area contributed by atoms with Gasteiger partial charge in [0.1, 0.15) is 18.1 Å². The number of aliphatic carboxylic acids is 1. The highest BCUT2D eigenvalue weighted by Crippen LogP contribution is 2.08. The average Bonchev–Trinajstić information content (AvgIpc) is 3.30. The first-order valence-corrected chi connectivity index (χ1v) is 12.4. The van der Waals surface area contributed by atoms with Gasteiger partial charge in [-0.25, -0.2) is 4.79 Å². The molecule has 33 heavy (non-hydrogen) atoms. The summed E-state index contributed by atoms with van der Waals surface area (Å²) in [6.45, 7) is 1.11. The first kappa shape index (κ1) is 28.7. The maximum atomic E-state index is 12.9. The number of carboxylic acid groups (broad SMARTS) is 1. The molecule has 0 aromatic heterocycles. The molecule has 9 N–H and O–H groups in total. The summed E-state index contributed by atoms with van der Waals surface area (Å²) < 4.78 is 0. The Morgan fingerprint density at radius 2 is 1.70 bits per heavy atom. The molecule has 13 heteroatoms. The van der Waals surface area contributed by atoms with E-state index in [1.807, 2.05) is 6.26 Å². The summed E-state index contributed by atoms with van der Waals surface area (Å²) in [5.41, 5.74) is 10.7. The van der Waals surface area contributed by atoms with E-state index < -0.39 is 48.2 Å². The summed E-state index contributed by atoms with van der Waals surface area (Å²) in [7, 11) is 0. The number of nitrogens with one attached hydrogen (secondary N) is 4. The molecule has 0 spiro atoms. The molecule has 0 aromatic rings. The monoisotopic (exact) mass is 488 g/mol. The lowest BCUT2D eigenvalue weighted by atomic mass is 10.1. The van der Waals surface area contributed by atoms with E-state index in [-0.39, 0.29) is 18.4 Å². The Kier molecular flexibility index (Phi) is 13.4. The Labute approximate surface area is 197 Å². The van der Waals surface area contributed by atoms with Gasteiger partial charge >= 0.3 is 5.97 Å². The molecule has 0 radical (unpaired) electrons. The van der Waals surface area contributed by atoms with E-state index in [2.05, 4.69) is 21.3 Å². The van der Waals surface area contributed by atoms with Crippen LogP contribution in [-0.2, 0) is 24.0 Å². The lowest BCUT2D eigenvalue weighted by Crippen LogP contribution is -2.57. The van der Waals surface area contributed by atoms with Crippen molar-refractivity contribution in [2.75, 3.05) is 25.1 Å². The van der Waals surface area contributed by atoms with Crippen LogP contribution < -0.4 is 32.7 Å². The summed E-state index contributed by atoms with van der Waals surface area (Å²) in [6, 6.07) is -3.87. The quantitative estimate of drug-likeness (QED) is 0.120. The maximum Gasteiger partial charge on any atom is 0.326 e. The standard InChI is InChI=1S/C20H36N6O6S/c1-33-10-7-13(24-17(28)12-6-4-9-23-12)18(29)26-15(11-16(22)27)19(30)25-14(20(31)32)5-2-3-8-21/h12-15,23H,2-11,21H2,1H3,(H2,22,27)(H,24,28)(H,25,30)(H,26,29)(H,31,32). The fourth-order valence-corrected chi connectivity index (χ4v) is 3.86. The molecule has 1 fully saturated rings. The highest BCUT2D eigenvalue weighted by Gasteiger charge is 2.32. The minimum atomic E-state index is -1.37. The van der Waals surface area contributed by atoms with Gasteiger partial charge in [-0.1, -0.05) is 0 Å². The van der Waals surface area contributed by atoms with E-state index in [1.165, 1.54) is 11.8 Å². The molecular weight excluding hydrogens is 452 g/mol. The van der Waals surface area contributed by atoms with Gasteiger partial charge in [0.05, 0.1) is 12.5 Å². The topological polar surface area (TPSA) is 206 Å².